The number of carbonyl (C=O) groups excluding carboxylic acids is 1. The van der Waals surface area contributed by atoms with Crippen molar-refractivity contribution in [2.45, 2.75) is 110 Å². The van der Waals surface area contributed by atoms with E-state index in [9.17, 15) is 9.59 Å². The number of carboxylic acids is 1. The van der Waals surface area contributed by atoms with Crippen LogP contribution in [0.25, 0.3) is 0 Å². The van der Waals surface area contributed by atoms with Crippen molar-refractivity contribution in [3.8, 4) is 0 Å². The topological polar surface area (TPSA) is 79.2 Å². The molecular formula is C24H42N2O4. The minimum absolute atomic E-state index is 0.123. The predicted octanol–water partition coefficient (Wildman–Crippen LogP) is 6.06. The van der Waals surface area contributed by atoms with Crippen LogP contribution in [0, 0.1) is 0 Å². The van der Waals surface area contributed by atoms with Gasteiger partial charge in [0, 0.05) is 0 Å². The summed E-state index contributed by atoms with van der Waals surface area (Å²) >= 11 is 0. The summed E-state index contributed by atoms with van der Waals surface area (Å²) in [6, 6.07) is 0. The van der Waals surface area contributed by atoms with Crippen LogP contribution in [0.5, 0.6) is 0 Å². The SMILES string of the molecule is CCCCCCCCCCCCCCCC=CC1=NCCN1OC(=O)CCC(=O)O. The molecule has 1 rings (SSSR count). The van der Waals surface area contributed by atoms with Crippen LogP contribution in [-0.2, 0) is 14.4 Å². The third-order valence-corrected chi connectivity index (χ3v) is 5.33. The zero-order chi connectivity index (χ0) is 21.9. The molecule has 1 aliphatic rings. The number of nitrogens with zero attached hydrogens (tertiary/aromatic N) is 2. The number of hydroxylamine groups is 2. The highest BCUT2D eigenvalue weighted by atomic mass is 16.7. The summed E-state index contributed by atoms with van der Waals surface area (Å²) < 4.78 is 0. The maximum Gasteiger partial charge on any atom is 0.333 e. The molecule has 1 aliphatic heterocycles. The summed E-state index contributed by atoms with van der Waals surface area (Å²) in [5.41, 5.74) is 0. The highest BCUT2D eigenvalue weighted by Crippen LogP contribution is 2.13. The van der Waals surface area contributed by atoms with Crippen molar-refractivity contribution in [1.82, 2.24) is 5.06 Å². The highest BCUT2D eigenvalue weighted by molar-refractivity contribution is 5.94. The summed E-state index contributed by atoms with van der Waals surface area (Å²) in [7, 11) is 0. The fraction of sp³-hybridized carbons (Fsp3) is 0.792. The van der Waals surface area contributed by atoms with Gasteiger partial charge in [0.25, 0.3) is 0 Å². The summed E-state index contributed by atoms with van der Waals surface area (Å²) in [6.45, 7) is 3.38. The Bertz CT molecular complexity index is 531. The molecular weight excluding hydrogens is 380 g/mol. The fourth-order valence-electron chi connectivity index (χ4n) is 3.52. The number of hydrogen-bond acceptors (Lipinski definition) is 5. The van der Waals surface area contributed by atoms with E-state index >= 15 is 0 Å². The largest absolute Gasteiger partial charge is 0.481 e. The Balaban J connectivity index is 1.97. The van der Waals surface area contributed by atoms with Crippen LogP contribution in [0.1, 0.15) is 110 Å². The van der Waals surface area contributed by atoms with E-state index in [1.807, 2.05) is 6.08 Å². The van der Waals surface area contributed by atoms with Crippen LogP contribution in [0.2, 0.25) is 0 Å². The van der Waals surface area contributed by atoms with Crippen molar-refractivity contribution in [2.24, 2.45) is 4.99 Å². The molecule has 0 unspecified atom stereocenters. The molecule has 0 aromatic carbocycles. The number of rotatable bonds is 19. The zero-order valence-corrected chi connectivity index (χ0v) is 18.9. The highest BCUT2D eigenvalue weighted by Gasteiger charge is 2.19. The number of unbranched alkanes of at least 4 members (excludes halogenated alkanes) is 13. The molecule has 0 amide bonds. The number of allylic oxidation sites excluding steroid dienone is 1. The molecule has 1 heterocycles. The van der Waals surface area contributed by atoms with Crippen molar-refractivity contribution < 1.29 is 19.5 Å². The Hall–Kier alpha value is -1.85. The molecule has 0 bridgehead atoms. The third kappa shape index (κ3) is 14.2. The molecule has 0 aliphatic carbocycles. The average molecular weight is 423 g/mol. The van der Waals surface area contributed by atoms with Crippen molar-refractivity contribution in [3.05, 3.63) is 12.2 Å². The number of aliphatic imine (C=N–C) groups is 1. The molecule has 0 saturated heterocycles. The summed E-state index contributed by atoms with van der Waals surface area (Å²) in [5, 5.41) is 10.1. The molecule has 0 aromatic heterocycles. The predicted molar refractivity (Wildman–Crippen MR) is 121 cm³/mol. The molecule has 1 N–H and O–H groups in total. The molecule has 0 atom stereocenters. The summed E-state index contributed by atoms with van der Waals surface area (Å²) in [5.74, 6) is -0.884. The van der Waals surface area contributed by atoms with E-state index in [-0.39, 0.29) is 12.8 Å². The monoisotopic (exact) mass is 422 g/mol. The summed E-state index contributed by atoms with van der Waals surface area (Å²) in [6.07, 6.45) is 22.2. The zero-order valence-electron chi connectivity index (χ0n) is 18.9. The molecule has 0 fully saturated rings. The third-order valence-electron chi connectivity index (χ3n) is 5.33. The van der Waals surface area contributed by atoms with Gasteiger partial charge in [-0.1, -0.05) is 90.0 Å². The van der Waals surface area contributed by atoms with E-state index in [1.54, 1.807) is 0 Å². The first-order valence-corrected chi connectivity index (χ1v) is 12.0. The average Bonchev–Trinajstić information content (AvgIpc) is 3.16. The quantitative estimate of drug-likeness (QED) is 0.256. The smallest absolute Gasteiger partial charge is 0.333 e. The second-order valence-corrected chi connectivity index (χ2v) is 8.13. The number of hydrogen-bond donors (Lipinski definition) is 1. The van der Waals surface area contributed by atoms with E-state index in [0.717, 1.165) is 6.42 Å². The minimum Gasteiger partial charge on any atom is -0.481 e. The molecule has 0 aromatic rings. The van der Waals surface area contributed by atoms with E-state index in [4.69, 9.17) is 9.94 Å². The summed E-state index contributed by atoms with van der Waals surface area (Å²) in [4.78, 5) is 31.7. The van der Waals surface area contributed by atoms with Gasteiger partial charge in [0.1, 0.15) is 0 Å². The van der Waals surface area contributed by atoms with Gasteiger partial charge in [-0.2, -0.15) is 5.06 Å². The van der Waals surface area contributed by atoms with E-state index in [0.29, 0.717) is 18.9 Å². The van der Waals surface area contributed by atoms with Crippen molar-refractivity contribution in [3.63, 3.8) is 0 Å². The second-order valence-electron chi connectivity index (χ2n) is 8.13. The van der Waals surface area contributed by atoms with Crippen LogP contribution in [-0.4, -0.2) is 41.0 Å². The van der Waals surface area contributed by atoms with Gasteiger partial charge >= 0.3 is 11.9 Å². The van der Waals surface area contributed by atoms with E-state index < -0.39 is 11.9 Å². The van der Waals surface area contributed by atoms with Gasteiger partial charge in [-0.3, -0.25) is 9.79 Å². The molecule has 0 saturated carbocycles. The van der Waals surface area contributed by atoms with Gasteiger partial charge in [-0.05, 0) is 18.9 Å². The Kier molecular flexibility index (Phi) is 15.7. The van der Waals surface area contributed by atoms with Gasteiger partial charge in [-0.15, -0.1) is 0 Å². The maximum absolute atomic E-state index is 11.7. The van der Waals surface area contributed by atoms with Crippen LogP contribution >= 0.6 is 0 Å². The maximum atomic E-state index is 11.7. The normalized spacial score (nSPS) is 13.8. The molecule has 6 nitrogen and oxygen atoms in total. The second kappa shape index (κ2) is 18.0. The Morgan fingerprint density at radius 2 is 1.50 bits per heavy atom. The number of amidine groups is 1. The Morgan fingerprint density at radius 1 is 0.933 bits per heavy atom. The lowest BCUT2D eigenvalue weighted by atomic mass is 10.0. The van der Waals surface area contributed by atoms with Gasteiger partial charge < -0.3 is 9.94 Å². The van der Waals surface area contributed by atoms with Crippen molar-refractivity contribution in [1.29, 1.82) is 0 Å². The Morgan fingerprint density at radius 3 is 2.07 bits per heavy atom. The van der Waals surface area contributed by atoms with E-state index in [1.165, 1.54) is 88.5 Å². The van der Waals surface area contributed by atoms with Crippen LogP contribution in [0.4, 0.5) is 0 Å². The first kappa shape index (κ1) is 26.2. The first-order valence-electron chi connectivity index (χ1n) is 12.0. The minimum atomic E-state index is -1.00. The number of carbonyl (C=O) groups is 2. The van der Waals surface area contributed by atoms with E-state index in [2.05, 4.69) is 18.0 Å². The lowest BCUT2D eigenvalue weighted by molar-refractivity contribution is -0.172. The molecule has 6 heteroatoms. The van der Waals surface area contributed by atoms with Crippen LogP contribution in [0.15, 0.2) is 17.1 Å². The van der Waals surface area contributed by atoms with Gasteiger partial charge in [0.05, 0.1) is 25.9 Å². The molecule has 0 radical (unpaired) electrons. The molecule has 0 spiro atoms. The van der Waals surface area contributed by atoms with Gasteiger partial charge in [0.2, 0.25) is 0 Å². The van der Waals surface area contributed by atoms with Crippen LogP contribution in [0.3, 0.4) is 0 Å². The molecule has 30 heavy (non-hydrogen) atoms. The fourth-order valence-corrected chi connectivity index (χ4v) is 3.52. The van der Waals surface area contributed by atoms with Gasteiger partial charge in [0.15, 0.2) is 5.84 Å². The Labute approximate surface area is 182 Å². The molecule has 172 valence electrons. The number of aliphatic carboxylic acids is 1. The van der Waals surface area contributed by atoms with Gasteiger partial charge in [-0.25, -0.2) is 4.79 Å². The van der Waals surface area contributed by atoms with Crippen molar-refractivity contribution in [2.75, 3.05) is 13.1 Å². The lowest BCUT2D eigenvalue weighted by Gasteiger charge is -2.16. The van der Waals surface area contributed by atoms with Crippen molar-refractivity contribution >= 4 is 17.8 Å². The standard InChI is InChI=1S/C24H42N2O4/c1-2-3-4-5-6-7-8-9-10-11-12-13-14-15-16-17-22-25-20-21-26(22)30-24(29)19-18-23(27)28/h16-17H,2-15,18-21H2,1H3,(H,27,28). The first-order chi connectivity index (χ1) is 14.6. The van der Waals surface area contributed by atoms with Crippen LogP contribution < -0.4 is 0 Å². The number of carboxylic acid groups (broad SMARTS) is 1. The lowest BCUT2D eigenvalue weighted by Crippen LogP contribution is -2.30.